The van der Waals surface area contributed by atoms with Crippen LogP contribution >= 0.6 is 0 Å². The van der Waals surface area contributed by atoms with E-state index in [2.05, 4.69) is 31.2 Å². The van der Waals surface area contributed by atoms with Crippen molar-refractivity contribution in [2.45, 2.75) is 13.3 Å². The highest BCUT2D eigenvalue weighted by atomic mass is 16.5. The van der Waals surface area contributed by atoms with Gasteiger partial charge in [-0.1, -0.05) is 37.3 Å². The first-order valence-corrected chi connectivity index (χ1v) is 7.58. The SMILES string of the molecule is CCc1ccc(/C=C/c2cc(=O)c3cc(OC)ccc3o2)cc1. The molecule has 0 N–H and O–H groups in total. The van der Waals surface area contributed by atoms with Gasteiger partial charge in [-0.05, 0) is 41.8 Å². The molecule has 0 bridgehead atoms. The second kappa shape index (κ2) is 6.53. The minimum Gasteiger partial charge on any atom is -0.497 e. The third-order valence-electron chi connectivity index (χ3n) is 3.78. The molecule has 0 saturated heterocycles. The quantitative estimate of drug-likeness (QED) is 0.710. The average molecular weight is 306 g/mol. The molecule has 0 aliphatic rings. The van der Waals surface area contributed by atoms with Gasteiger partial charge in [-0.25, -0.2) is 0 Å². The van der Waals surface area contributed by atoms with Crippen molar-refractivity contribution in [2.24, 2.45) is 0 Å². The van der Waals surface area contributed by atoms with Crippen LogP contribution in [0.5, 0.6) is 5.75 Å². The number of rotatable bonds is 4. The van der Waals surface area contributed by atoms with E-state index in [-0.39, 0.29) is 5.43 Å². The Morgan fingerprint density at radius 3 is 2.52 bits per heavy atom. The summed E-state index contributed by atoms with van der Waals surface area (Å²) in [6.45, 7) is 2.13. The third kappa shape index (κ3) is 3.34. The first-order chi connectivity index (χ1) is 11.2. The third-order valence-corrected chi connectivity index (χ3v) is 3.78. The van der Waals surface area contributed by atoms with Gasteiger partial charge in [0.2, 0.25) is 0 Å². The molecular formula is C20H18O3. The summed E-state index contributed by atoms with van der Waals surface area (Å²) in [5.41, 5.74) is 2.85. The van der Waals surface area contributed by atoms with Crippen LogP contribution in [0.4, 0.5) is 0 Å². The van der Waals surface area contributed by atoms with Gasteiger partial charge >= 0.3 is 0 Å². The maximum atomic E-state index is 12.2. The maximum absolute atomic E-state index is 12.2. The van der Waals surface area contributed by atoms with Gasteiger partial charge in [0.25, 0.3) is 0 Å². The van der Waals surface area contributed by atoms with E-state index >= 15 is 0 Å². The molecule has 0 amide bonds. The number of benzene rings is 2. The number of ether oxygens (including phenoxy) is 1. The number of methoxy groups -OCH3 is 1. The molecule has 0 atom stereocenters. The summed E-state index contributed by atoms with van der Waals surface area (Å²) < 4.78 is 10.9. The van der Waals surface area contributed by atoms with Crippen LogP contribution < -0.4 is 10.2 Å². The Morgan fingerprint density at radius 1 is 1.04 bits per heavy atom. The molecule has 0 aliphatic heterocycles. The maximum Gasteiger partial charge on any atom is 0.193 e. The van der Waals surface area contributed by atoms with Crippen molar-refractivity contribution in [3.63, 3.8) is 0 Å². The predicted octanol–water partition coefficient (Wildman–Crippen LogP) is 4.53. The first kappa shape index (κ1) is 15.1. The van der Waals surface area contributed by atoms with Crippen LogP contribution in [-0.4, -0.2) is 7.11 Å². The molecule has 116 valence electrons. The Hall–Kier alpha value is -2.81. The zero-order chi connectivity index (χ0) is 16.2. The van der Waals surface area contributed by atoms with E-state index in [9.17, 15) is 4.79 Å². The lowest BCUT2D eigenvalue weighted by Crippen LogP contribution is -2.00. The van der Waals surface area contributed by atoms with Gasteiger partial charge < -0.3 is 9.15 Å². The Kier molecular flexibility index (Phi) is 4.29. The molecule has 23 heavy (non-hydrogen) atoms. The van der Waals surface area contributed by atoms with Crippen molar-refractivity contribution in [3.05, 3.63) is 75.6 Å². The lowest BCUT2D eigenvalue weighted by molar-refractivity contribution is 0.415. The van der Waals surface area contributed by atoms with Crippen LogP contribution in [0.3, 0.4) is 0 Å². The lowest BCUT2D eigenvalue weighted by Gasteiger charge is -2.02. The molecule has 0 saturated carbocycles. The Labute approximate surface area is 134 Å². The van der Waals surface area contributed by atoms with Crippen molar-refractivity contribution in [2.75, 3.05) is 7.11 Å². The van der Waals surface area contributed by atoms with Crippen LogP contribution in [0.25, 0.3) is 23.1 Å². The monoisotopic (exact) mass is 306 g/mol. The van der Waals surface area contributed by atoms with Crippen LogP contribution in [0.2, 0.25) is 0 Å². The first-order valence-electron chi connectivity index (χ1n) is 7.58. The van der Waals surface area contributed by atoms with E-state index in [1.165, 1.54) is 11.6 Å². The number of aryl methyl sites for hydroxylation is 1. The molecule has 0 aliphatic carbocycles. The van der Waals surface area contributed by atoms with E-state index in [1.807, 2.05) is 12.2 Å². The summed E-state index contributed by atoms with van der Waals surface area (Å²) in [5.74, 6) is 1.18. The van der Waals surface area contributed by atoms with Crippen LogP contribution in [0.1, 0.15) is 23.8 Å². The van der Waals surface area contributed by atoms with E-state index in [0.29, 0.717) is 22.5 Å². The Bertz CT molecular complexity index is 902. The molecule has 0 unspecified atom stereocenters. The highest BCUT2D eigenvalue weighted by Gasteiger charge is 2.04. The van der Waals surface area contributed by atoms with Crippen molar-refractivity contribution in [3.8, 4) is 5.75 Å². The van der Waals surface area contributed by atoms with Gasteiger partial charge in [0.05, 0.1) is 12.5 Å². The smallest absolute Gasteiger partial charge is 0.193 e. The minimum atomic E-state index is -0.0777. The molecule has 3 aromatic rings. The van der Waals surface area contributed by atoms with Crippen molar-refractivity contribution >= 4 is 23.1 Å². The van der Waals surface area contributed by atoms with E-state index < -0.39 is 0 Å². The summed E-state index contributed by atoms with van der Waals surface area (Å²) in [4.78, 5) is 12.2. The van der Waals surface area contributed by atoms with Gasteiger partial charge in [0.15, 0.2) is 5.43 Å². The average Bonchev–Trinajstić information content (AvgIpc) is 2.60. The summed E-state index contributed by atoms with van der Waals surface area (Å²) in [7, 11) is 1.57. The number of fused-ring (bicyclic) bond motifs is 1. The summed E-state index contributed by atoms with van der Waals surface area (Å²) >= 11 is 0. The molecule has 1 heterocycles. The molecule has 3 heteroatoms. The molecule has 0 fully saturated rings. The zero-order valence-electron chi connectivity index (χ0n) is 13.2. The Morgan fingerprint density at radius 2 is 1.83 bits per heavy atom. The van der Waals surface area contributed by atoms with Gasteiger partial charge in [-0.2, -0.15) is 0 Å². The van der Waals surface area contributed by atoms with Gasteiger partial charge in [0, 0.05) is 6.07 Å². The van der Waals surface area contributed by atoms with Gasteiger partial charge in [-0.15, -0.1) is 0 Å². The minimum absolute atomic E-state index is 0.0777. The lowest BCUT2D eigenvalue weighted by atomic mass is 10.1. The van der Waals surface area contributed by atoms with Gasteiger partial charge in [0.1, 0.15) is 17.1 Å². The fraction of sp³-hybridized carbons (Fsp3) is 0.150. The highest BCUT2D eigenvalue weighted by molar-refractivity contribution is 5.79. The van der Waals surface area contributed by atoms with Crippen LogP contribution in [0.15, 0.2) is 57.7 Å². The Balaban J connectivity index is 1.93. The highest BCUT2D eigenvalue weighted by Crippen LogP contribution is 2.20. The number of hydrogen-bond acceptors (Lipinski definition) is 3. The summed E-state index contributed by atoms with van der Waals surface area (Å²) in [5, 5.41) is 0.522. The summed E-state index contributed by atoms with van der Waals surface area (Å²) in [6, 6.07) is 15.0. The van der Waals surface area contributed by atoms with E-state index in [0.717, 1.165) is 12.0 Å². The molecule has 3 rings (SSSR count). The predicted molar refractivity (Wildman–Crippen MR) is 93.8 cm³/mol. The second-order valence-electron chi connectivity index (χ2n) is 5.30. The topological polar surface area (TPSA) is 39.4 Å². The molecule has 3 nitrogen and oxygen atoms in total. The second-order valence-corrected chi connectivity index (χ2v) is 5.30. The molecule has 2 aromatic carbocycles. The molecule has 0 radical (unpaired) electrons. The fourth-order valence-electron chi connectivity index (χ4n) is 2.41. The van der Waals surface area contributed by atoms with Crippen molar-refractivity contribution < 1.29 is 9.15 Å². The largest absolute Gasteiger partial charge is 0.497 e. The number of hydrogen-bond donors (Lipinski definition) is 0. The fourth-order valence-corrected chi connectivity index (χ4v) is 2.41. The zero-order valence-corrected chi connectivity index (χ0v) is 13.2. The summed E-state index contributed by atoms with van der Waals surface area (Å²) in [6.07, 6.45) is 4.77. The molecule has 0 spiro atoms. The normalized spacial score (nSPS) is 11.2. The van der Waals surface area contributed by atoms with Crippen LogP contribution in [-0.2, 0) is 6.42 Å². The molecule has 1 aromatic heterocycles. The van der Waals surface area contributed by atoms with E-state index in [4.69, 9.17) is 9.15 Å². The van der Waals surface area contributed by atoms with Crippen LogP contribution in [0, 0.1) is 0 Å². The van der Waals surface area contributed by atoms with E-state index in [1.54, 1.807) is 25.3 Å². The van der Waals surface area contributed by atoms with Gasteiger partial charge in [-0.3, -0.25) is 4.79 Å². The van der Waals surface area contributed by atoms with Crippen molar-refractivity contribution in [1.82, 2.24) is 0 Å². The molecular weight excluding hydrogens is 288 g/mol. The standard InChI is InChI=1S/C20H18O3/c1-3-14-4-6-15(7-5-14)8-9-17-13-19(21)18-12-16(22-2)10-11-20(18)23-17/h4-13H,3H2,1-2H3/b9-8+. The van der Waals surface area contributed by atoms with Crippen molar-refractivity contribution in [1.29, 1.82) is 0 Å².